The summed E-state index contributed by atoms with van der Waals surface area (Å²) >= 11 is 0. The van der Waals surface area contributed by atoms with E-state index in [0.29, 0.717) is 6.54 Å². The molecule has 3 N–H and O–H groups in total. The molecule has 7 heteroatoms. The number of nitrogens with zero attached hydrogens (tertiary/aromatic N) is 1. The number of nitrogens with two attached hydrogens (primary N) is 1. The highest BCUT2D eigenvalue weighted by Crippen LogP contribution is 2.57. The molecule has 3 rings (SSSR count). The van der Waals surface area contributed by atoms with Crippen LogP contribution in [0.5, 0.6) is 0 Å². The Kier molecular flexibility index (Phi) is 7.25. The van der Waals surface area contributed by atoms with Crippen LogP contribution in [0.2, 0.25) is 0 Å². The van der Waals surface area contributed by atoms with Gasteiger partial charge < -0.3 is 20.7 Å². The molecule has 2 aliphatic carbocycles. The van der Waals surface area contributed by atoms with Crippen LogP contribution in [0.4, 0.5) is 0 Å². The van der Waals surface area contributed by atoms with Gasteiger partial charge in [-0.3, -0.25) is 4.79 Å². The average Bonchev–Trinajstić information content (AvgIpc) is 3.02. The lowest BCUT2D eigenvalue weighted by atomic mass is 9.46. The van der Waals surface area contributed by atoms with E-state index in [2.05, 4.69) is 38.2 Å². The van der Waals surface area contributed by atoms with E-state index >= 15 is 0 Å². The SMILES string of the molecule is CN(C)C1(CNC(=O)C2(N)C3CCCOC3C2(C)C)CCCC1.Cl.Cl. The molecule has 3 atom stereocenters. The summed E-state index contributed by atoms with van der Waals surface area (Å²) in [7, 11) is 4.24. The molecule has 1 amide bonds. The normalized spacial score (nSPS) is 35.0. The summed E-state index contributed by atoms with van der Waals surface area (Å²) in [5.74, 6) is 0.174. The van der Waals surface area contributed by atoms with Crippen molar-refractivity contribution >= 4 is 30.7 Å². The zero-order valence-corrected chi connectivity index (χ0v) is 17.6. The van der Waals surface area contributed by atoms with Gasteiger partial charge in [0, 0.05) is 30.0 Å². The number of carbonyl (C=O) groups is 1. The second-order valence-electron chi connectivity index (χ2n) is 8.64. The van der Waals surface area contributed by atoms with Crippen molar-refractivity contribution in [2.24, 2.45) is 17.1 Å². The molecule has 0 bridgehead atoms. The van der Waals surface area contributed by atoms with Crippen LogP contribution in [0.1, 0.15) is 52.4 Å². The third-order valence-corrected chi connectivity index (χ3v) is 7.12. The molecule has 0 radical (unpaired) electrons. The van der Waals surface area contributed by atoms with Crippen molar-refractivity contribution in [3.05, 3.63) is 0 Å². The first kappa shape index (κ1) is 23.0. The van der Waals surface area contributed by atoms with Gasteiger partial charge in [0.2, 0.25) is 5.91 Å². The highest BCUT2D eigenvalue weighted by atomic mass is 35.5. The van der Waals surface area contributed by atoms with Crippen LogP contribution in [0.25, 0.3) is 0 Å². The van der Waals surface area contributed by atoms with Gasteiger partial charge >= 0.3 is 0 Å². The van der Waals surface area contributed by atoms with Crippen LogP contribution in [-0.2, 0) is 9.53 Å². The van der Waals surface area contributed by atoms with Gasteiger partial charge in [-0.2, -0.15) is 0 Å². The van der Waals surface area contributed by atoms with Crippen molar-refractivity contribution in [1.29, 1.82) is 0 Å². The van der Waals surface area contributed by atoms with Gasteiger partial charge in [0.15, 0.2) is 0 Å². The number of ether oxygens (including phenoxy) is 1. The zero-order valence-electron chi connectivity index (χ0n) is 16.0. The van der Waals surface area contributed by atoms with Crippen LogP contribution < -0.4 is 11.1 Å². The number of halogens is 2. The Balaban J connectivity index is 0.00000156. The van der Waals surface area contributed by atoms with Crippen molar-refractivity contribution in [2.75, 3.05) is 27.2 Å². The second-order valence-corrected chi connectivity index (χ2v) is 8.64. The maximum atomic E-state index is 13.0. The number of likely N-dealkylation sites (N-methyl/N-ethyl adjacent to an activating group) is 1. The standard InChI is InChI=1S/C18H33N3O2.2ClH/c1-16(2)14-13(8-7-11-23-14)18(16,19)15(22)20-12-17(21(3)4)9-5-6-10-17;;/h13-14H,5-12,19H2,1-4H3,(H,20,22);2*1H. The molecule has 1 heterocycles. The smallest absolute Gasteiger partial charge is 0.241 e. The lowest BCUT2D eigenvalue weighted by molar-refractivity contribution is -0.225. The fourth-order valence-corrected chi connectivity index (χ4v) is 5.24. The largest absolute Gasteiger partial charge is 0.377 e. The molecule has 1 saturated heterocycles. The number of carbonyl (C=O) groups excluding carboxylic acids is 1. The molecular formula is C18H35Cl2N3O2. The van der Waals surface area contributed by atoms with Crippen LogP contribution in [0, 0.1) is 11.3 Å². The van der Waals surface area contributed by atoms with E-state index in [4.69, 9.17) is 10.5 Å². The number of amides is 1. The molecule has 1 aliphatic heterocycles. The Morgan fingerprint density at radius 3 is 2.36 bits per heavy atom. The van der Waals surface area contributed by atoms with Gasteiger partial charge in [-0.25, -0.2) is 0 Å². The van der Waals surface area contributed by atoms with Gasteiger partial charge in [-0.05, 0) is 39.8 Å². The molecule has 5 nitrogen and oxygen atoms in total. The first-order valence-electron chi connectivity index (χ1n) is 9.12. The Morgan fingerprint density at radius 1 is 1.20 bits per heavy atom. The summed E-state index contributed by atoms with van der Waals surface area (Å²) in [6.45, 7) is 5.66. The van der Waals surface area contributed by atoms with E-state index in [-0.39, 0.29) is 53.7 Å². The predicted octanol–water partition coefficient (Wildman–Crippen LogP) is 2.35. The Hall–Kier alpha value is -0.0700. The fourth-order valence-electron chi connectivity index (χ4n) is 5.24. The minimum Gasteiger partial charge on any atom is -0.377 e. The molecule has 25 heavy (non-hydrogen) atoms. The van der Waals surface area contributed by atoms with Crippen molar-refractivity contribution in [3.8, 4) is 0 Å². The molecular weight excluding hydrogens is 361 g/mol. The summed E-state index contributed by atoms with van der Waals surface area (Å²) in [6.07, 6.45) is 6.91. The van der Waals surface area contributed by atoms with Crippen LogP contribution in [-0.4, -0.2) is 55.2 Å². The molecule has 0 aromatic rings. The van der Waals surface area contributed by atoms with Crippen LogP contribution in [0.15, 0.2) is 0 Å². The number of hydrogen-bond acceptors (Lipinski definition) is 4. The van der Waals surface area contributed by atoms with E-state index in [1.165, 1.54) is 12.8 Å². The van der Waals surface area contributed by atoms with E-state index in [0.717, 1.165) is 32.3 Å². The van der Waals surface area contributed by atoms with Crippen molar-refractivity contribution in [1.82, 2.24) is 10.2 Å². The Morgan fingerprint density at radius 2 is 1.80 bits per heavy atom. The summed E-state index contributed by atoms with van der Waals surface area (Å²) in [6, 6.07) is 0. The van der Waals surface area contributed by atoms with E-state index < -0.39 is 5.54 Å². The minimum absolute atomic E-state index is 0. The van der Waals surface area contributed by atoms with E-state index in [1.54, 1.807) is 0 Å². The maximum Gasteiger partial charge on any atom is 0.241 e. The molecule has 3 aliphatic rings. The Labute approximate surface area is 164 Å². The molecule has 3 unspecified atom stereocenters. The maximum absolute atomic E-state index is 13.0. The van der Waals surface area contributed by atoms with Gasteiger partial charge in [-0.15, -0.1) is 24.8 Å². The third kappa shape index (κ3) is 3.31. The second kappa shape index (κ2) is 7.89. The van der Waals surface area contributed by atoms with Gasteiger partial charge in [0.1, 0.15) is 5.54 Å². The van der Waals surface area contributed by atoms with Crippen molar-refractivity contribution in [3.63, 3.8) is 0 Å². The predicted molar refractivity (Wildman–Crippen MR) is 106 cm³/mol. The summed E-state index contributed by atoms with van der Waals surface area (Å²) < 4.78 is 5.91. The molecule has 0 spiro atoms. The third-order valence-electron chi connectivity index (χ3n) is 7.12. The number of hydrogen-bond donors (Lipinski definition) is 2. The van der Waals surface area contributed by atoms with Gasteiger partial charge in [-0.1, -0.05) is 26.7 Å². The zero-order chi connectivity index (χ0) is 16.9. The topological polar surface area (TPSA) is 67.6 Å². The summed E-state index contributed by atoms with van der Waals surface area (Å²) in [5, 5.41) is 3.22. The molecule has 0 aromatic carbocycles. The highest BCUT2D eigenvalue weighted by molar-refractivity contribution is 5.89. The van der Waals surface area contributed by atoms with E-state index in [9.17, 15) is 4.79 Å². The van der Waals surface area contributed by atoms with Crippen LogP contribution >= 0.6 is 24.8 Å². The highest BCUT2D eigenvalue weighted by Gasteiger charge is 2.70. The minimum atomic E-state index is -0.801. The van der Waals surface area contributed by atoms with Crippen LogP contribution in [0.3, 0.4) is 0 Å². The number of nitrogens with one attached hydrogen (secondary N) is 1. The summed E-state index contributed by atoms with van der Waals surface area (Å²) in [4.78, 5) is 15.3. The average molecular weight is 396 g/mol. The quantitative estimate of drug-likeness (QED) is 0.766. The molecule has 3 fully saturated rings. The lowest BCUT2D eigenvalue weighted by Crippen LogP contribution is -2.82. The fraction of sp³-hybridized carbons (Fsp3) is 0.944. The lowest BCUT2D eigenvalue weighted by Gasteiger charge is -2.65. The first-order chi connectivity index (χ1) is 10.8. The summed E-state index contributed by atoms with van der Waals surface area (Å²) in [5.41, 5.74) is 5.67. The molecule has 148 valence electrons. The molecule has 0 aromatic heterocycles. The number of fused-ring (bicyclic) bond motifs is 1. The Bertz CT molecular complexity index is 481. The van der Waals surface area contributed by atoms with E-state index in [1.807, 2.05) is 0 Å². The van der Waals surface area contributed by atoms with Crippen molar-refractivity contribution < 1.29 is 9.53 Å². The first-order valence-corrected chi connectivity index (χ1v) is 9.12. The van der Waals surface area contributed by atoms with Gasteiger partial charge in [0.25, 0.3) is 0 Å². The number of rotatable bonds is 4. The monoisotopic (exact) mass is 395 g/mol. The molecule has 2 saturated carbocycles. The van der Waals surface area contributed by atoms with Gasteiger partial charge in [0.05, 0.1) is 6.10 Å². The van der Waals surface area contributed by atoms with Crippen molar-refractivity contribution in [2.45, 2.75) is 69.6 Å².